The van der Waals surface area contributed by atoms with Crippen LogP contribution in [-0.4, -0.2) is 48.7 Å². The third-order valence-corrected chi connectivity index (χ3v) is 6.94. The number of carbonyl (C=O) groups excluding carboxylic acids is 1. The zero-order chi connectivity index (χ0) is 21.0. The van der Waals surface area contributed by atoms with E-state index in [1.807, 2.05) is 4.90 Å². The van der Waals surface area contributed by atoms with E-state index in [1.54, 1.807) is 23.1 Å². The summed E-state index contributed by atoms with van der Waals surface area (Å²) >= 11 is 3.21. The van der Waals surface area contributed by atoms with E-state index in [-0.39, 0.29) is 5.91 Å². The molecule has 0 saturated heterocycles. The second kappa shape index (κ2) is 9.74. The van der Waals surface area contributed by atoms with Gasteiger partial charge in [-0.25, -0.2) is 4.98 Å². The number of carbonyl (C=O) groups is 1. The van der Waals surface area contributed by atoms with E-state index in [0.29, 0.717) is 12.3 Å². The highest BCUT2D eigenvalue weighted by atomic mass is 32.2. The predicted octanol–water partition coefficient (Wildman–Crippen LogP) is 5.30. The zero-order valence-corrected chi connectivity index (χ0v) is 19.5. The van der Waals surface area contributed by atoms with Gasteiger partial charge in [0.2, 0.25) is 5.91 Å². The molecule has 0 atom stereocenters. The van der Waals surface area contributed by atoms with Crippen molar-refractivity contribution < 1.29 is 4.79 Å². The van der Waals surface area contributed by atoms with E-state index in [0.717, 1.165) is 28.5 Å². The van der Waals surface area contributed by atoms with Crippen LogP contribution in [0.2, 0.25) is 0 Å². The van der Waals surface area contributed by atoms with Crippen molar-refractivity contribution in [3.8, 4) is 0 Å². The van der Waals surface area contributed by atoms with Gasteiger partial charge in [-0.05, 0) is 77.2 Å². The molecule has 4 nitrogen and oxygen atoms in total. The molecule has 3 rings (SSSR count). The first-order valence-corrected chi connectivity index (χ1v) is 11.7. The third-order valence-electron chi connectivity index (χ3n) is 4.71. The van der Waals surface area contributed by atoms with Crippen LogP contribution in [0.5, 0.6) is 0 Å². The van der Waals surface area contributed by atoms with Gasteiger partial charge in [-0.2, -0.15) is 0 Å². The quantitative estimate of drug-likeness (QED) is 0.457. The summed E-state index contributed by atoms with van der Waals surface area (Å²) < 4.78 is 1.17. The fourth-order valence-corrected chi connectivity index (χ4v) is 5.04. The Labute approximate surface area is 181 Å². The Balaban J connectivity index is 1.80. The van der Waals surface area contributed by atoms with Gasteiger partial charge in [0, 0.05) is 11.4 Å². The van der Waals surface area contributed by atoms with Gasteiger partial charge in [-0.15, -0.1) is 11.8 Å². The van der Waals surface area contributed by atoms with Gasteiger partial charge in [0.05, 0.1) is 16.0 Å². The monoisotopic (exact) mass is 427 g/mol. The largest absolute Gasteiger partial charge is 0.309 e. The van der Waals surface area contributed by atoms with Crippen LogP contribution in [0.1, 0.15) is 23.1 Å². The highest BCUT2D eigenvalue weighted by molar-refractivity contribution is 8.00. The standard InChI is InChI=1S/C23H29N3OS2/c1-16-7-9-19(10-8-16)28-15-21(27)26(12-6-11-25(4)5)23-24-20-14-17(2)13-18(3)22(20)29-23/h7-10,13-14H,6,11-12,15H2,1-5H3. The number of hydrogen-bond donors (Lipinski definition) is 0. The van der Waals surface area contributed by atoms with E-state index in [2.05, 4.69) is 76.2 Å². The lowest BCUT2D eigenvalue weighted by Crippen LogP contribution is -2.34. The molecule has 1 heterocycles. The molecule has 0 unspecified atom stereocenters. The van der Waals surface area contributed by atoms with Crippen molar-refractivity contribution in [1.82, 2.24) is 9.88 Å². The van der Waals surface area contributed by atoms with E-state index in [4.69, 9.17) is 4.98 Å². The van der Waals surface area contributed by atoms with Crippen molar-refractivity contribution in [2.45, 2.75) is 32.1 Å². The first-order valence-electron chi connectivity index (χ1n) is 9.86. The molecule has 0 bridgehead atoms. The first-order chi connectivity index (χ1) is 13.8. The van der Waals surface area contributed by atoms with E-state index in [1.165, 1.54) is 21.4 Å². The van der Waals surface area contributed by atoms with Gasteiger partial charge < -0.3 is 4.90 Å². The van der Waals surface area contributed by atoms with Crippen LogP contribution in [0.3, 0.4) is 0 Å². The molecular formula is C23H29N3OS2. The number of amides is 1. The van der Waals surface area contributed by atoms with Gasteiger partial charge in [0.25, 0.3) is 0 Å². The summed E-state index contributed by atoms with van der Waals surface area (Å²) in [6.07, 6.45) is 0.919. The van der Waals surface area contributed by atoms with Gasteiger partial charge in [-0.1, -0.05) is 35.1 Å². The normalized spacial score (nSPS) is 11.4. The fraction of sp³-hybridized carbons (Fsp3) is 0.391. The van der Waals surface area contributed by atoms with Crippen LogP contribution in [0, 0.1) is 20.8 Å². The number of hydrogen-bond acceptors (Lipinski definition) is 5. The minimum absolute atomic E-state index is 0.114. The maximum atomic E-state index is 13.1. The van der Waals surface area contributed by atoms with E-state index >= 15 is 0 Å². The highest BCUT2D eigenvalue weighted by Gasteiger charge is 2.20. The van der Waals surface area contributed by atoms with Crippen LogP contribution < -0.4 is 4.90 Å². The number of aryl methyl sites for hydroxylation is 3. The van der Waals surface area contributed by atoms with Crippen molar-refractivity contribution in [2.24, 2.45) is 0 Å². The molecule has 154 valence electrons. The van der Waals surface area contributed by atoms with Crippen LogP contribution >= 0.6 is 23.1 Å². The number of thioether (sulfide) groups is 1. The number of fused-ring (bicyclic) bond motifs is 1. The second-order valence-electron chi connectivity index (χ2n) is 7.73. The summed E-state index contributed by atoms with van der Waals surface area (Å²) in [6, 6.07) is 12.6. The smallest absolute Gasteiger partial charge is 0.239 e. The number of nitrogens with zero attached hydrogens (tertiary/aromatic N) is 3. The molecule has 29 heavy (non-hydrogen) atoms. The van der Waals surface area contributed by atoms with Crippen LogP contribution in [0.4, 0.5) is 5.13 Å². The molecule has 0 aliphatic heterocycles. The molecule has 0 spiro atoms. The molecule has 6 heteroatoms. The molecule has 2 aromatic carbocycles. The SMILES string of the molecule is Cc1ccc(SCC(=O)N(CCCN(C)C)c2nc3cc(C)cc(C)c3s2)cc1. The molecule has 0 fully saturated rings. The Kier molecular flexibility index (Phi) is 7.33. The average molecular weight is 428 g/mol. The van der Waals surface area contributed by atoms with Crippen molar-refractivity contribution >= 4 is 44.4 Å². The number of anilines is 1. The molecule has 0 saturated carbocycles. The Morgan fingerprint density at radius 2 is 1.76 bits per heavy atom. The van der Waals surface area contributed by atoms with Gasteiger partial charge in [-0.3, -0.25) is 9.69 Å². The lowest BCUT2D eigenvalue weighted by molar-refractivity contribution is -0.116. The van der Waals surface area contributed by atoms with E-state index < -0.39 is 0 Å². The molecule has 0 aliphatic rings. The highest BCUT2D eigenvalue weighted by Crippen LogP contribution is 2.33. The van der Waals surface area contributed by atoms with Gasteiger partial charge in [0.15, 0.2) is 5.13 Å². The third kappa shape index (κ3) is 5.81. The van der Waals surface area contributed by atoms with Crippen molar-refractivity contribution in [3.05, 3.63) is 53.1 Å². The van der Waals surface area contributed by atoms with Crippen LogP contribution in [-0.2, 0) is 4.79 Å². The average Bonchev–Trinajstić information content (AvgIpc) is 3.08. The molecule has 0 N–H and O–H groups in total. The summed E-state index contributed by atoms with van der Waals surface area (Å²) in [5.74, 6) is 0.529. The number of rotatable bonds is 8. The first kappa shape index (κ1) is 21.8. The van der Waals surface area contributed by atoms with E-state index in [9.17, 15) is 4.79 Å². The molecule has 0 aliphatic carbocycles. The summed E-state index contributed by atoms with van der Waals surface area (Å²) in [5, 5.41) is 0.807. The molecule has 1 aromatic heterocycles. The minimum Gasteiger partial charge on any atom is -0.309 e. The topological polar surface area (TPSA) is 36.4 Å². The maximum Gasteiger partial charge on any atom is 0.239 e. The summed E-state index contributed by atoms with van der Waals surface area (Å²) in [4.78, 5) is 23.1. The number of thiazole rings is 1. The maximum absolute atomic E-state index is 13.1. The number of benzene rings is 2. The fourth-order valence-electron chi connectivity index (χ4n) is 3.21. The lowest BCUT2D eigenvalue weighted by Gasteiger charge is -2.21. The van der Waals surface area contributed by atoms with Crippen molar-refractivity contribution in [1.29, 1.82) is 0 Å². The molecule has 1 amide bonds. The summed E-state index contributed by atoms with van der Waals surface area (Å²) in [6.45, 7) is 7.90. The van der Waals surface area contributed by atoms with Crippen LogP contribution in [0.15, 0.2) is 41.3 Å². The summed E-state index contributed by atoms with van der Waals surface area (Å²) in [7, 11) is 4.12. The van der Waals surface area contributed by atoms with Gasteiger partial charge in [0.1, 0.15) is 0 Å². The Bertz CT molecular complexity index is 980. The predicted molar refractivity (Wildman–Crippen MR) is 127 cm³/mol. The van der Waals surface area contributed by atoms with Crippen molar-refractivity contribution in [3.63, 3.8) is 0 Å². The van der Waals surface area contributed by atoms with Crippen molar-refractivity contribution in [2.75, 3.05) is 37.8 Å². The minimum atomic E-state index is 0.114. The molecule has 0 radical (unpaired) electrons. The lowest BCUT2D eigenvalue weighted by atomic mass is 10.1. The Morgan fingerprint density at radius 1 is 1.03 bits per heavy atom. The van der Waals surface area contributed by atoms with Crippen LogP contribution in [0.25, 0.3) is 10.2 Å². The molecular weight excluding hydrogens is 398 g/mol. The number of aromatic nitrogens is 1. The second-order valence-corrected chi connectivity index (χ2v) is 9.76. The Hall–Kier alpha value is -1.89. The summed E-state index contributed by atoms with van der Waals surface area (Å²) in [5.41, 5.74) is 4.64. The van der Waals surface area contributed by atoms with Gasteiger partial charge >= 0.3 is 0 Å². The Morgan fingerprint density at radius 3 is 2.45 bits per heavy atom. The molecule has 3 aromatic rings. The zero-order valence-electron chi connectivity index (χ0n) is 17.9.